The number of rotatable bonds is 8. The van der Waals surface area contributed by atoms with E-state index in [4.69, 9.17) is 11.6 Å². The summed E-state index contributed by atoms with van der Waals surface area (Å²) >= 11 is 7.60. The second-order valence-electron chi connectivity index (χ2n) is 7.80. The summed E-state index contributed by atoms with van der Waals surface area (Å²) in [7, 11) is -3.68. The van der Waals surface area contributed by atoms with Crippen LogP contribution in [0.1, 0.15) is 16.4 Å². The third kappa shape index (κ3) is 6.45. The Morgan fingerprint density at radius 3 is 2.06 bits per heavy atom. The van der Waals surface area contributed by atoms with Crippen molar-refractivity contribution in [3.8, 4) is 0 Å². The lowest BCUT2D eigenvalue weighted by Crippen LogP contribution is -2.19. The van der Waals surface area contributed by atoms with E-state index in [2.05, 4.69) is 10.0 Å². The molecule has 0 aromatic heterocycles. The molecule has 0 aliphatic carbocycles. The summed E-state index contributed by atoms with van der Waals surface area (Å²) < 4.78 is 27.7. The van der Waals surface area contributed by atoms with Crippen LogP contribution in [0, 0.1) is 6.92 Å². The maximum absolute atomic E-state index is 13.3. The zero-order valence-electron chi connectivity index (χ0n) is 18.8. The number of amides is 1. The fourth-order valence-electron chi connectivity index (χ4n) is 3.33. The molecule has 0 heterocycles. The fraction of sp³-hybridized carbons (Fsp3) is 0.0741. The Balaban J connectivity index is 1.52. The predicted molar refractivity (Wildman–Crippen MR) is 144 cm³/mol. The molecule has 0 aliphatic heterocycles. The summed E-state index contributed by atoms with van der Waals surface area (Å²) in [5.41, 5.74) is 2.84. The van der Waals surface area contributed by atoms with E-state index >= 15 is 0 Å². The Morgan fingerprint density at radius 2 is 1.43 bits per heavy atom. The van der Waals surface area contributed by atoms with Crippen LogP contribution < -0.4 is 10.0 Å². The highest BCUT2D eigenvalue weighted by molar-refractivity contribution is 8.00. The van der Waals surface area contributed by atoms with Gasteiger partial charge < -0.3 is 5.32 Å². The Kier molecular flexibility index (Phi) is 7.80. The van der Waals surface area contributed by atoms with Crippen LogP contribution in [0.5, 0.6) is 0 Å². The molecule has 0 spiro atoms. The van der Waals surface area contributed by atoms with Crippen molar-refractivity contribution in [2.45, 2.75) is 22.0 Å². The van der Waals surface area contributed by atoms with Crippen molar-refractivity contribution in [2.75, 3.05) is 10.0 Å². The van der Waals surface area contributed by atoms with E-state index in [9.17, 15) is 13.2 Å². The van der Waals surface area contributed by atoms with E-state index in [1.165, 1.54) is 23.9 Å². The van der Waals surface area contributed by atoms with E-state index in [-0.39, 0.29) is 10.8 Å². The van der Waals surface area contributed by atoms with Crippen LogP contribution in [-0.2, 0) is 14.8 Å². The monoisotopic (exact) mass is 522 g/mol. The summed E-state index contributed by atoms with van der Waals surface area (Å²) in [5.74, 6) is -0.185. The number of sulfonamides is 1. The highest BCUT2D eigenvalue weighted by atomic mass is 35.5. The second kappa shape index (κ2) is 11.0. The summed E-state index contributed by atoms with van der Waals surface area (Å²) in [6.45, 7) is 1.90. The van der Waals surface area contributed by atoms with Crippen molar-refractivity contribution < 1.29 is 13.2 Å². The van der Waals surface area contributed by atoms with Gasteiger partial charge >= 0.3 is 0 Å². The number of thioether (sulfide) groups is 1. The lowest BCUT2D eigenvalue weighted by Gasteiger charge is -2.18. The first-order chi connectivity index (χ1) is 16.8. The third-order valence-corrected chi connectivity index (χ3v) is 8.26. The van der Waals surface area contributed by atoms with E-state index < -0.39 is 15.3 Å². The standard InChI is InChI=1S/C27H23ClN2O3S2/c1-19-12-13-22(18-25(19)28)29-27(31)26(20-8-4-2-5-9-20)34-23-16-14-21(15-17-23)30-35(32,33)24-10-6-3-7-11-24/h2-18,26,30H,1H3,(H,29,31). The normalized spacial score (nSPS) is 12.1. The summed E-state index contributed by atoms with van der Waals surface area (Å²) in [6, 6.07) is 30.0. The van der Waals surface area contributed by atoms with Gasteiger partial charge in [0.05, 0.1) is 4.90 Å². The molecule has 0 saturated carbocycles. The molecule has 8 heteroatoms. The molecule has 2 N–H and O–H groups in total. The van der Waals surface area contributed by atoms with E-state index in [0.29, 0.717) is 16.4 Å². The van der Waals surface area contributed by atoms with Crippen LogP contribution in [0.25, 0.3) is 0 Å². The molecule has 5 nitrogen and oxygen atoms in total. The third-order valence-electron chi connectivity index (χ3n) is 5.19. The van der Waals surface area contributed by atoms with Gasteiger partial charge in [0.2, 0.25) is 5.91 Å². The number of anilines is 2. The largest absolute Gasteiger partial charge is 0.325 e. The van der Waals surface area contributed by atoms with Gasteiger partial charge in [-0.05, 0) is 66.6 Å². The van der Waals surface area contributed by atoms with Crippen LogP contribution in [0.2, 0.25) is 5.02 Å². The van der Waals surface area contributed by atoms with Crippen molar-refractivity contribution >= 4 is 50.7 Å². The Hall–Kier alpha value is -3.26. The first-order valence-corrected chi connectivity index (χ1v) is 13.5. The van der Waals surface area contributed by atoms with Crippen molar-refractivity contribution in [1.29, 1.82) is 0 Å². The topological polar surface area (TPSA) is 75.3 Å². The molecule has 0 aliphatic rings. The molecule has 178 valence electrons. The molecular weight excluding hydrogens is 500 g/mol. The molecule has 4 rings (SSSR count). The Bertz CT molecular complexity index is 1410. The zero-order chi connectivity index (χ0) is 24.8. The van der Waals surface area contributed by atoms with Crippen molar-refractivity contribution in [2.24, 2.45) is 0 Å². The molecule has 1 amide bonds. The molecular formula is C27H23ClN2O3S2. The van der Waals surface area contributed by atoms with Crippen LogP contribution >= 0.6 is 23.4 Å². The zero-order valence-corrected chi connectivity index (χ0v) is 21.2. The maximum Gasteiger partial charge on any atom is 0.261 e. The predicted octanol–water partition coefficient (Wildman–Crippen LogP) is 6.92. The first-order valence-electron chi connectivity index (χ1n) is 10.8. The van der Waals surface area contributed by atoms with E-state index in [0.717, 1.165) is 16.0 Å². The van der Waals surface area contributed by atoms with Gasteiger partial charge in [-0.25, -0.2) is 8.42 Å². The Labute approximate surface area is 214 Å². The molecule has 1 unspecified atom stereocenters. The van der Waals surface area contributed by atoms with Gasteiger partial charge in [-0.15, -0.1) is 11.8 Å². The number of hydrogen-bond donors (Lipinski definition) is 2. The van der Waals surface area contributed by atoms with Gasteiger partial charge in [0.15, 0.2) is 0 Å². The number of hydrogen-bond acceptors (Lipinski definition) is 4. The average Bonchev–Trinajstić information content (AvgIpc) is 2.86. The van der Waals surface area contributed by atoms with Gasteiger partial charge in [0.1, 0.15) is 5.25 Å². The molecule has 0 radical (unpaired) electrons. The highest BCUT2D eigenvalue weighted by Gasteiger charge is 2.22. The van der Waals surface area contributed by atoms with E-state index in [1.54, 1.807) is 48.5 Å². The smallest absolute Gasteiger partial charge is 0.261 e. The van der Waals surface area contributed by atoms with Crippen LogP contribution in [0.3, 0.4) is 0 Å². The summed E-state index contributed by atoms with van der Waals surface area (Å²) in [4.78, 5) is 14.3. The van der Waals surface area contributed by atoms with Gasteiger partial charge in [-0.3, -0.25) is 9.52 Å². The number of nitrogens with one attached hydrogen (secondary N) is 2. The number of carbonyl (C=O) groups excluding carboxylic acids is 1. The SMILES string of the molecule is Cc1ccc(NC(=O)C(Sc2ccc(NS(=O)(=O)c3ccccc3)cc2)c2ccccc2)cc1Cl. The molecule has 4 aromatic carbocycles. The first kappa shape index (κ1) is 24.9. The maximum atomic E-state index is 13.3. The minimum atomic E-state index is -3.68. The molecule has 0 bridgehead atoms. The number of halogens is 1. The van der Waals surface area contributed by atoms with Gasteiger partial charge in [0, 0.05) is 21.3 Å². The molecule has 4 aromatic rings. The number of aryl methyl sites for hydroxylation is 1. The highest BCUT2D eigenvalue weighted by Crippen LogP contribution is 2.37. The average molecular weight is 523 g/mol. The minimum absolute atomic E-state index is 0.185. The number of carbonyl (C=O) groups is 1. The van der Waals surface area contributed by atoms with Crippen LogP contribution in [0.4, 0.5) is 11.4 Å². The van der Waals surface area contributed by atoms with Gasteiger partial charge in [-0.1, -0.05) is 66.2 Å². The lowest BCUT2D eigenvalue weighted by atomic mass is 10.1. The summed E-state index contributed by atoms with van der Waals surface area (Å²) in [5, 5.41) is 3.01. The van der Waals surface area contributed by atoms with Crippen LogP contribution in [-0.4, -0.2) is 14.3 Å². The van der Waals surface area contributed by atoms with Crippen molar-refractivity contribution in [3.05, 3.63) is 119 Å². The van der Waals surface area contributed by atoms with Crippen molar-refractivity contribution in [1.82, 2.24) is 0 Å². The lowest BCUT2D eigenvalue weighted by molar-refractivity contribution is -0.115. The minimum Gasteiger partial charge on any atom is -0.325 e. The Morgan fingerprint density at radius 1 is 0.829 bits per heavy atom. The number of benzene rings is 4. The fourth-order valence-corrected chi connectivity index (χ4v) is 5.62. The molecule has 0 fully saturated rings. The van der Waals surface area contributed by atoms with Crippen molar-refractivity contribution in [3.63, 3.8) is 0 Å². The van der Waals surface area contributed by atoms with Gasteiger partial charge in [-0.2, -0.15) is 0 Å². The second-order valence-corrected chi connectivity index (χ2v) is 11.1. The molecule has 1 atom stereocenters. The molecule has 35 heavy (non-hydrogen) atoms. The quantitative estimate of drug-likeness (QED) is 0.246. The van der Waals surface area contributed by atoms with Crippen LogP contribution in [0.15, 0.2) is 113 Å². The van der Waals surface area contributed by atoms with Gasteiger partial charge in [0.25, 0.3) is 10.0 Å². The molecule has 0 saturated heterocycles. The summed E-state index contributed by atoms with van der Waals surface area (Å²) in [6.07, 6.45) is 0. The van der Waals surface area contributed by atoms with E-state index in [1.807, 2.05) is 49.4 Å².